The summed E-state index contributed by atoms with van der Waals surface area (Å²) in [6.07, 6.45) is 4.40. The molecular formula is C10H19N5O. The van der Waals surface area contributed by atoms with Crippen LogP contribution >= 0.6 is 0 Å². The molecule has 0 bridgehead atoms. The maximum absolute atomic E-state index is 11.6. The minimum atomic E-state index is -0.311. The first kappa shape index (κ1) is 11.2. The van der Waals surface area contributed by atoms with Gasteiger partial charge in [0.2, 0.25) is 11.9 Å². The highest BCUT2D eigenvalue weighted by Crippen LogP contribution is 2.23. The topological polar surface area (TPSA) is 91.5 Å². The molecule has 6 heteroatoms. The number of guanidine groups is 1. The number of hydrogen-bond donors (Lipinski definition) is 4. The molecule has 0 saturated heterocycles. The molecular weight excluding hydrogens is 206 g/mol. The molecule has 16 heavy (non-hydrogen) atoms. The zero-order chi connectivity index (χ0) is 11.5. The Morgan fingerprint density at radius 1 is 1.38 bits per heavy atom. The predicted molar refractivity (Wildman–Crippen MR) is 61.5 cm³/mol. The van der Waals surface area contributed by atoms with Crippen molar-refractivity contribution in [2.75, 3.05) is 0 Å². The van der Waals surface area contributed by atoms with Gasteiger partial charge in [0.15, 0.2) is 0 Å². The molecule has 5 N–H and O–H groups in total. The van der Waals surface area contributed by atoms with Crippen molar-refractivity contribution in [3.05, 3.63) is 0 Å². The molecule has 0 aromatic heterocycles. The quantitative estimate of drug-likeness (QED) is 0.219. The van der Waals surface area contributed by atoms with Crippen molar-refractivity contribution in [1.29, 1.82) is 0 Å². The van der Waals surface area contributed by atoms with Crippen LogP contribution < -0.4 is 21.9 Å². The number of hydrazine groups is 1. The lowest BCUT2D eigenvalue weighted by Gasteiger charge is -2.16. The number of nitrogens with two attached hydrogens (primary N) is 1. The number of hydrogen-bond acceptors (Lipinski definition) is 3. The van der Waals surface area contributed by atoms with E-state index in [4.69, 9.17) is 5.84 Å². The molecule has 0 heterocycles. The van der Waals surface area contributed by atoms with Crippen molar-refractivity contribution in [3.63, 3.8) is 0 Å². The Hall–Kier alpha value is -1.30. The van der Waals surface area contributed by atoms with E-state index in [1.165, 1.54) is 0 Å². The van der Waals surface area contributed by atoms with E-state index < -0.39 is 0 Å². The van der Waals surface area contributed by atoms with Gasteiger partial charge >= 0.3 is 0 Å². The van der Waals surface area contributed by atoms with Crippen LogP contribution in [0.3, 0.4) is 0 Å². The maximum atomic E-state index is 11.6. The smallest absolute Gasteiger partial charge is 0.242 e. The van der Waals surface area contributed by atoms with Crippen molar-refractivity contribution in [2.24, 2.45) is 10.8 Å². The minimum Gasteiger partial charge on any atom is -0.352 e. The monoisotopic (exact) mass is 225 g/mol. The van der Waals surface area contributed by atoms with Gasteiger partial charge in [0.05, 0.1) is 6.04 Å². The molecule has 2 aliphatic rings. The predicted octanol–water partition coefficient (Wildman–Crippen LogP) is -0.775. The third-order valence-corrected chi connectivity index (χ3v) is 2.67. The molecule has 2 saturated carbocycles. The third-order valence-electron chi connectivity index (χ3n) is 2.67. The van der Waals surface area contributed by atoms with Gasteiger partial charge in [-0.05, 0) is 32.6 Å². The van der Waals surface area contributed by atoms with Gasteiger partial charge in [-0.1, -0.05) is 0 Å². The van der Waals surface area contributed by atoms with Gasteiger partial charge in [-0.3, -0.25) is 10.2 Å². The second kappa shape index (κ2) is 4.69. The normalized spacial score (nSPS) is 22.5. The van der Waals surface area contributed by atoms with E-state index in [-0.39, 0.29) is 11.9 Å². The minimum absolute atomic E-state index is 0.00115. The highest BCUT2D eigenvalue weighted by Gasteiger charge is 2.26. The van der Waals surface area contributed by atoms with Gasteiger partial charge in [0, 0.05) is 6.04 Å². The lowest BCUT2D eigenvalue weighted by atomic mass is 10.3. The fourth-order valence-electron chi connectivity index (χ4n) is 1.33. The van der Waals surface area contributed by atoms with Gasteiger partial charge in [0.25, 0.3) is 0 Å². The zero-order valence-corrected chi connectivity index (χ0v) is 9.49. The number of carbonyl (C=O) groups is 1. The molecule has 2 fully saturated rings. The van der Waals surface area contributed by atoms with Crippen LogP contribution in [0.1, 0.15) is 32.6 Å². The summed E-state index contributed by atoms with van der Waals surface area (Å²) in [6, 6.07) is 0.442. The molecule has 1 unspecified atom stereocenters. The summed E-state index contributed by atoms with van der Waals surface area (Å²) in [6.45, 7) is 1.80. The fraction of sp³-hybridized carbons (Fsp3) is 0.800. The Balaban J connectivity index is 1.78. The van der Waals surface area contributed by atoms with E-state index in [1.807, 2.05) is 0 Å². The lowest BCUT2D eigenvalue weighted by Crippen LogP contribution is -2.51. The average Bonchev–Trinajstić information content (AvgIpc) is 3.10. The van der Waals surface area contributed by atoms with E-state index in [9.17, 15) is 4.79 Å². The van der Waals surface area contributed by atoms with Crippen LogP contribution in [0.5, 0.6) is 0 Å². The molecule has 0 radical (unpaired) electrons. The second-order valence-corrected chi connectivity index (χ2v) is 4.50. The van der Waals surface area contributed by atoms with Crippen LogP contribution in [0.4, 0.5) is 0 Å². The fourth-order valence-corrected chi connectivity index (χ4v) is 1.33. The van der Waals surface area contributed by atoms with E-state index in [1.54, 1.807) is 6.92 Å². The van der Waals surface area contributed by atoms with Crippen LogP contribution in [-0.2, 0) is 4.79 Å². The standard InChI is InChI=1S/C10H19N5O/c1-6(9(16)13-7-2-3-7)12-10(15-11)14-8-4-5-8/h6-8H,2-5,11H2,1H3,(H,13,16)(H2,12,14,15). The Morgan fingerprint density at radius 3 is 2.56 bits per heavy atom. The van der Waals surface area contributed by atoms with Crippen molar-refractivity contribution >= 4 is 11.9 Å². The van der Waals surface area contributed by atoms with Gasteiger partial charge in [-0.25, -0.2) is 10.8 Å². The Bertz CT molecular complexity index is 296. The Morgan fingerprint density at radius 2 is 2.06 bits per heavy atom. The summed E-state index contributed by atoms with van der Waals surface area (Å²) in [4.78, 5) is 16.0. The largest absolute Gasteiger partial charge is 0.352 e. The van der Waals surface area contributed by atoms with Crippen LogP contribution in [0.2, 0.25) is 0 Å². The molecule has 0 aromatic carbocycles. The van der Waals surface area contributed by atoms with Crippen LogP contribution in [0.15, 0.2) is 4.99 Å². The van der Waals surface area contributed by atoms with E-state index in [2.05, 4.69) is 21.1 Å². The molecule has 90 valence electrons. The Kier molecular flexibility index (Phi) is 3.28. The average molecular weight is 225 g/mol. The molecule has 2 rings (SSSR count). The zero-order valence-electron chi connectivity index (χ0n) is 9.49. The second-order valence-electron chi connectivity index (χ2n) is 4.50. The first-order valence-corrected chi connectivity index (χ1v) is 5.80. The molecule has 1 atom stereocenters. The van der Waals surface area contributed by atoms with Crippen molar-refractivity contribution in [1.82, 2.24) is 16.1 Å². The summed E-state index contributed by atoms with van der Waals surface area (Å²) in [5, 5.41) is 5.90. The summed E-state index contributed by atoms with van der Waals surface area (Å²) in [5.41, 5.74) is 2.49. The van der Waals surface area contributed by atoms with Gasteiger partial charge in [-0.15, -0.1) is 0 Å². The summed E-state index contributed by atoms with van der Waals surface area (Å²) < 4.78 is 0. The third kappa shape index (κ3) is 3.37. The van der Waals surface area contributed by atoms with Gasteiger partial charge < -0.3 is 10.6 Å². The summed E-state index contributed by atoms with van der Waals surface area (Å²) in [5.74, 6) is 5.84. The highest BCUT2D eigenvalue weighted by atomic mass is 16.2. The number of carbonyl (C=O) groups excluding carboxylic acids is 1. The van der Waals surface area contributed by atoms with E-state index in [0.717, 1.165) is 25.7 Å². The van der Waals surface area contributed by atoms with E-state index in [0.29, 0.717) is 18.0 Å². The van der Waals surface area contributed by atoms with E-state index >= 15 is 0 Å². The first-order valence-electron chi connectivity index (χ1n) is 5.80. The maximum Gasteiger partial charge on any atom is 0.242 e. The van der Waals surface area contributed by atoms with Crippen LogP contribution in [0, 0.1) is 0 Å². The first-order chi connectivity index (χ1) is 7.69. The number of aliphatic imine (C=N–C) groups is 1. The highest BCUT2D eigenvalue weighted by molar-refractivity contribution is 5.88. The molecule has 2 aliphatic carbocycles. The summed E-state index contributed by atoms with van der Waals surface area (Å²) in [7, 11) is 0. The van der Waals surface area contributed by atoms with Gasteiger partial charge in [0.1, 0.15) is 6.04 Å². The molecule has 0 aromatic rings. The lowest BCUT2D eigenvalue weighted by molar-refractivity contribution is -0.122. The molecule has 6 nitrogen and oxygen atoms in total. The van der Waals surface area contributed by atoms with Gasteiger partial charge in [-0.2, -0.15) is 0 Å². The van der Waals surface area contributed by atoms with Crippen molar-refractivity contribution in [2.45, 2.75) is 50.7 Å². The number of rotatable bonds is 4. The molecule has 0 spiro atoms. The van der Waals surface area contributed by atoms with Crippen molar-refractivity contribution in [3.8, 4) is 0 Å². The summed E-state index contributed by atoms with van der Waals surface area (Å²) >= 11 is 0. The number of nitrogens with one attached hydrogen (secondary N) is 3. The van der Waals surface area contributed by atoms with Crippen LogP contribution in [-0.4, -0.2) is 30.0 Å². The molecule has 0 aliphatic heterocycles. The molecule has 1 amide bonds. The van der Waals surface area contributed by atoms with Crippen molar-refractivity contribution < 1.29 is 4.79 Å². The Labute approximate surface area is 95.0 Å². The SMILES string of the molecule is CC(NC(=NC1CC1)NN)C(=O)NC1CC1. The van der Waals surface area contributed by atoms with Crippen LogP contribution in [0.25, 0.3) is 0 Å². The number of amides is 1. The number of nitrogens with zero attached hydrogens (tertiary/aromatic N) is 1.